The molecule has 1 heterocycles. The van der Waals surface area contributed by atoms with Crippen molar-refractivity contribution in [3.05, 3.63) is 76.0 Å². The fourth-order valence-corrected chi connectivity index (χ4v) is 4.06. The fourth-order valence-electron chi connectivity index (χ4n) is 4.06. The predicted molar refractivity (Wildman–Crippen MR) is 101 cm³/mol. The van der Waals surface area contributed by atoms with Gasteiger partial charge in [-0.05, 0) is 25.0 Å². The Hall–Kier alpha value is -3.02. The molecule has 1 amide bonds. The second-order valence-corrected chi connectivity index (χ2v) is 7.04. The molecule has 4 rings (SSSR count). The summed E-state index contributed by atoms with van der Waals surface area (Å²) in [6.45, 7) is 0. The van der Waals surface area contributed by atoms with Crippen LogP contribution < -0.4 is 10.9 Å². The molecule has 2 aromatic carbocycles. The number of aromatic nitrogens is 2. The third kappa shape index (κ3) is 3.23. The Morgan fingerprint density at radius 2 is 1.74 bits per heavy atom. The molecule has 0 bridgehead atoms. The molecule has 27 heavy (non-hydrogen) atoms. The van der Waals surface area contributed by atoms with E-state index in [9.17, 15) is 14.0 Å². The maximum Gasteiger partial charge on any atom is 0.272 e. The number of H-pyrrole nitrogens is 1. The number of amides is 1. The van der Waals surface area contributed by atoms with Crippen molar-refractivity contribution in [2.45, 2.75) is 37.6 Å². The molecule has 5 nitrogen and oxygen atoms in total. The van der Waals surface area contributed by atoms with Gasteiger partial charge in [-0.1, -0.05) is 49.2 Å². The highest BCUT2D eigenvalue weighted by Gasteiger charge is 2.38. The maximum atomic E-state index is 14.4. The Labute approximate surface area is 155 Å². The molecule has 2 N–H and O–H groups in total. The van der Waals surface area contributed by atoms with Crippen molar-refractivity contribution in [1.29, 1.82) is 0 Å². The molecule has 0 saturated heterocycles. The molecule has 0 unspecified atom stereocenters. The maximum absolute atomic E-state index is 14.4. The fraction of sp³-hybridized carbons (Fsp3) is 0.286. The van der Waals surface area contributed by atoms with Gasteiger partial charge in [-0.3, -0.25) is 9.59 Å². The normalized spacial score (nSPS) is 15.7. The standard InChI is InChI=1S/C21H20FN3O2/c22-17-10-4-3-9-16(17)21(11-5-6-12-21)23-19(26)13-18-14-7-1-2-8-15(14)20(27)25-24-18/h1-4,7-10H,5-6,11-13H2,(H,23,26)(H,25,27). The van der Waals surface area contributed by atoms with E-state index in [1.165, 1.54) is 6.07 Å². The highest BCUT2D eigenvalue weighted by molar-refractivity contribution is 5.88. The molecule has 6 heteroatoms. The molecule has 0 aliphatic heterocycles. The number of carbonyl (C=O) groups is 1. The highest BCUT2D eigenvalue weighted by Crippen LogP contribution is 2.39. The van der Waals surface area contributed by atoms with Crippen LogP contribution >= 0.6 is 0 Å². The topological polar surface area (TPSA) is 74.8 Å². The average molecular weight is 365 g/mol. The van der Waals surface area contributed by atoms with Gasteiger partial charge in [0.2, 0.25) is 5.91 Å². The minimum absolute atomic E-state index is 0.0213. The number of nitrogens with zero attached hydrogens (tertiary/aromatic N) is 1. The second-order valence-electron chi connectivity index (χ2n) is 7.04. The first-order valence-electron chi connectivity index (χ1n) is 9.11. The van der Waals surface area contributed by atoms with Gasteiger partial charge in [0.25, 0.3) is 5.56 Å². The van der Waals surface area contributed by atoms with Gasteiger partial charge in [0.05, 0.1) is 23.0 Å². The van der Waals surface area contributed by atoms with Crippen LogP contribution in [0.4, 0.5) is 4.39 Å². The van der Waals surface area contributed by atoms with E-state index in [0.717, 1.165) is 12.8 Å². The molecular weight excluding hydrogens is 345 g/mol. The molecular formula is C21H20FN3O2. The Morgan fingerprint density at radius 3 is 2.48 bits per heavy atom. The van der Waals surface area contributed by atoms with Gasteiger partial charge in [-0.25, -0.2) is 9.49 Å². The molecule has 0 spiro atoms. The summed E-state index contributed by atoms with van der Waals surface area (Å²) >= 11 is 0. The van der Waals surface area contributed by atoms with E-state index in [-0.39, 0.29) is 23.7 Å². The summed E-state index contributed by atoms with van der Waals surface area (Å²) in [7, 11) is 0. The number of halogens is 1. The molecule has 1 aliphatic rings. The van der Waals surface area contributed by atoms with Gasteiger partial charge in [-0.2, -0.15) is 5.10 Å². The molecule has 3 aromatic rings. The smallest absolute Gasteiger partial charge is 0.272 e. The zero-order chi connectivity index (χ0) is 18.9. The number of nitrogens with one attached hydrogen (secondary N) is 2. The molecule has 138 valence electrons. The first-order valence-corrected chi connectivity index (χ1v) is 9.11. The lowest BCUT2D eigenvalue weighted by molar-refractivity contribution is -0.122. The number of aromatic amines is 1. The zero-order valence-corrected chi connectivity index (χ0v) is 14.8. The summed E-state index contributed by atoms with van der Waals surface area (Å²) in [6, 6.07) is 13.7. The Morgan fingerprint density at radius 1 is 1.07 bits per heavy atom. The summed E-state index contributed by atoms with van der Waals surface area (Å²) in [5.41, 5.74) is 0.0772. The van der Waals surface area contributed by atoms with Crippen LogP contribution in [0, 0.1) is 5.82 Å². The van der Waals surface area contributed by atoms with E-state index in [4.69, 9.17) is 0 Å². The van der Waals surface area contributed by atoms with Crippen molar-refractivity contribution in [2.75, 3.05) is 0 Å². The average Bonchev–Trinajstić information content (AvgIpc) is 3.14. The molecule has 1 fully saturated rings. The SMILES string of the molecule is O=C(Cc1n[nH]c(=O)c2ccccc12)NC1(c2ccccc2F)CCCC1. The number of fused-ring (bicyclic) bond motifs is 1. The Balaban J connectivity index is 1.63. The Bertz CT molecular complexity index is 1050. The summed E-state index contributed by atoms with van der Waals surface area (Å²) < 4.78 is 14.4. The van der Waals surface area contributed by atoms with Crippen molar-refractivity contribution >= 4 is 16.7 Å². The van der Waals surface area contributed by atoms with E-state index in [2.05, 4.69) is 15.5 Å². The lowest BCUT2D eigenvalue weighted by Crippen LogP contribution is -2.45. The third-order valence-electron chi connectivity index (χ3n) is 5.33. The molecule has 1 aliphatic carbocycles. The van der Waals surface area contributed by atoms with Gasteiger partial charge in [0.1, 0.15) is 5.82 Å². The van der Waals surface area contributed by atoms with Gasteiger partial charge in [0, 0.05) is 10.9 Å². The monoisotopic (exact) mass is 365 g/mol. The second kappa shape index (κ2) is 6.95. The summed E-state index contributed by atoms with van der Waals surface area (Å²) in [6.07, 6.45) is 3.31. The molecule has 0 atom stereocenters. The van der Waals surface area contributed by atoms with Crippen LogP contribution in [0.2, 0.25) is 0 Å². The van der Waals surface area contributed by atoms with Crippen molar-refractivity contribution in [2.24, 2.45) is 0 Å². The van der Waals surface area contributed by atoms with Crippen LogP contribution in [0.5, 0.6) is 0 Å². The summed E-state index contributed by atoms with van der Waals surface area (Å²) in [5, 5.41) is 10.7. The van der Waals surface area contributed by atoms with Crippen LogP contribution in [-0.4, -0.2) is 16.1 Å². The number of rotatable bonds is 4. The summed E-state index contributed by atoms with van der Waals surface area (Å²) in [4.78, 5) is 24.7. The number of carbonyl (C=O) groups excluding carboxylic acids is 1. The highest BCUT2D eigenvalue weighted by atomic mass is 19.1. The first-order chi connectivity index (χ1) is 13.1. The minimum atomic E-state index is -0.680. The van der Waals surface area contributed by atoms with Crippen LogP contribution in [0.25, 0.3) is 10.8 Å². The molecule has 1 saturated carbocycles. The van der Waals surface area contributed by atoms with E-state index < -0.39 is 5.54 Å². The van der Waals surface area contributed by atoms with Crippen LogP contribution in [0.15, 0.2) is 53.3 Å². The number of benzene rings is 2. The minimum Gasteiger partial charge on any atom is -0.346 e. The van der Waals surface area contributed by atoms with E-state index >= 15 is 0 Å². The quantitative estimate of drug-likeness (QED) is 0.746. The van der Waals surface area contributed by atoms with Gasteiger partial charge in [-0.15, -0.1) is 0 Å². The third-order valence-corrected chi connectivity index (χ3v) is 5.33. The van der Waals surface area contributed by atoms with Gasteiger partial charge >= 0.3 is 0 Å². The van der Waals surface area contributed by atoms with Crippen molar-refractivity contribution in [1.82, 2.24) is 15.5 Å². The van der Waals surface area contributed by atoms with E-state index in [1.807, 2.05) is 6.07 Å². The number of hydrogen-bond donors (Lipinski definition) is 2. The first kappa shape index (κ1) is 17.4. The van der Waals surface area contributed by atoms with E-state index in [1.54, 1.807) is 36.4 Å². The lowest BCUT2D eigenvalue weighted by Gasteiger charge is -2.31. The predicted octanol–water partition coefficient (Wildman–Crippen LogP) is 3.19. The van der Waals surface area contributed by atoms with Crippen LogP contribution in [0.3, 0.4) is 0 Å². The van der Waals surface area contributed by atoms with Crippen molar-refractivity contribution < 1.29 is 9.18 Å². The van der Waals surface area contributed by atoms with Crippen molar-refractivity contribution in [3.63, 3.8) is 0 Å². The molecule has 0 radical (unpaired) electrons. The van der Waals surface area contributed by atoms with Gasteiger partial charge < -0.3 is 5.32 Å². The van der Waals surface area contributed by atoms with E-state index in [0.29, 0.717) is 34.9 Å². The van der Waals surface area contributed by atoms with Crippen LogP contribution in [0.1, 0.15) is 36.9 Å². The Kier molecular flexibility index (Phi) is 4.48. The zero-order valence-electron chi connectivity index (χ0n) is 14.8. The molecule has 1 aromatic heterocycles. The number of hydrogen-bond acceptors (Lipinski definition) is 3. The summed E-state index contributed by atoms with van der Waals surface area (Å²) in [5.74, 6) is -0.530. The lowest BCUT2D eigenvalue weighted by atomic mass is 9.87. The largest absolute Gasteiger partial charge is 0.346 e. The van der Waals surface area contributed by atoms with Crippen molar-refractivity contribution in [3.8, 4) is 0 Å². The van der Waals surface area contributed by atoms with Gasteiger partial charge in [0.15, 0.2) is 0 Å². The van der Waals surface area contributed by atoms with Crippen LogP contribution in [-0.2, 0) is 16.8 Å².